The van der Waals surface area contributed by atoms with Crippen molar-refractivity contribution in [3.8, 4) is 23.0 Å². The number of anilines is 1. The summed E-state index contributed by atoms with van der Waals surface area (Å²) in [7, 11) is -2.24. The van der Waals surface area contributed by atoms with Crippen LogP contribution in [0.25, 0.3) is 22.0 Å². The highest BCUT2D eigenvalue weighted by atomic mass is 35.5. The molecule has 10 nitrogen and oxygen atoms in total. The molecule has 55 heavy (non-hydrogen) atoms. The molecule has 4 atom stereocenters. The summed E-state index contributed by atoms with van der Waals surface area (Å²) in [6.45, 7) is 2.26. The molecule has 4 aromatic rings. The molecule has 18 heteroatoms. The van der Waals surface area contributed by atoms with Gasteiger partial charge in [-0.05, 0) is 54.7 Å². The summed E-state index contributed by atoms with van der Waals surface area (Å²) in [5, 5.41) is 11.3. The molecular weight excluding hydrogens is 772 g/mol. The van der Waals surface area contributed by atoms with Crippen LogP contribution in [0.2, 0.25) is 5.02 Å². The van der Waals surface area contributed by atoms with E-state index in [0.29, 0.717) is 27.7 Å². The van der Waals surface area contributed by atoms with E-state index in [4.69, 9.17) is 16.6 Å². The number of allylic oxidation sites excluding steroid dienone is 3. The number of benzene rings is 1. The molecule has 1 amide bonds. The molecule has 1 fully saturated rings. The quantitative estimate of drug-likeness (QED) is 0.124. The Bertz CT molecular complexity index is 2500. The van der Waals surface area contributed by atoms with E-state index in [-0.39, 0.29) is 51.6 Å². The van der Waals surface area contributed by atoms with Gasteiger partial charge in [0.1, 0.15) is 35.6 Å². The fraction of sp³-hybridized carbons (Fsp3) is 0.405. The Morgan fingerprint density at radius 3 is 2.55 bits per heavy atom. The predicted octanol–water partition coefficient (Wildman–Crippen LogP) is 7.92. The maximum Gasteiger partial charge on any atom is 0.295 e. The summed E-state index contributed by atoms with van der Waals surface area (Å²) < 4.78 is 118. The molecule has 290 valence electrons. The first kappa shape index (κ1) is 38.5. The van der Waals surface area contributed by atoms with Gasteiger partial charge in [0.25, 0.3) is 12.3 Å². The van der Waals surface area contributed by atoms with Gasteiger partial charge in [-0.25, -0.2) is 31.0 Å². The van der Waals surface area contributed by atoms with E-state index < -0.39 is 82.0 Å². The molecule has 1 aromatic carbocycles. The third kappa shape index (κ3) is 6.88. The normalized spacial score (nSPS) is 21.7. The smallest absolute Gasteiger partial charge is 0.295 e. The Hall–Kier alpha value is -4.82. The van der Waals surface area contributed by atoms with E-state index in [1.165, 1.54) is 23.7 Å². The van der Waals surface area contributed by atoms with E-state index in [2.05, 4.69) is 32.1 Å². The zero-order valence-electron chi connectivity index (χ0n) is 29.8. The van der Waals surface area contributed by atoms with Gasteiger partial charge in [0, 0.05) is 47.9 Å². The lowest BCUT2D eigenvalue weighted by atomic mass is 9.92. The molecule has 0 radical (unpaired) electrons. The molecule has 3 aliphatic carbocycles. The van der Waals surface area contributed by atoms with E-state index in [0.717, 1.165) is 12.3 Å². The van der Waals surface area contributed by atoms with Crippen LogP contribution < -0.4 is 10.0 Å². The van der Waals surface area contributed by atoms with Crippen LogP contribution in [0.15, 0.2) is 47.8 Å². The summed E-state index contributed by atoms with van der Waals surface area (Å²) >= 11 is 6.58. The minimum atomic E-state index is -3.80. The SMILES string of the molecule is CCC#Cc1ccc(-c2ccc(Cl)c3c(NS(C)(=O)=O)nn(C)c23)c([C@H](CC2=CC(F)CC(F)=C2)NC(=O)Cn2nc(C(F)F)c3c2C(F)(F)[C@]2(C)C[C@H]32)n1. The minimum absolute atomic E-state index is 0.00753. The number of hydrogen-bond acceptors (Lipinski definition) is 6. The fourth-order valence-electron chi connectivity index (χ4n) is 7.65. The number of fused-ring (bicyclic) bond motifs is 4. The van der Waals surface area contributed by atoms with Gasteiger partial charge in [-0.1, -0.05) is 37.4 Å². The van der Waals surface area contributed by atoms with E-state index in [9.17, 15) is 30.8 Å². The molecule has 1 unspecified atom stereocenters. The zero-order chi connectivity index (χ0) is 39.8. The molecule has 7 rings (SSSR count). The lowest BCUT2D eigenvalue weighted by molar-refractivity contribution is -0.123. The maximum absolute atomic E-state index is 15.7. The average Bonchev–Trinajstić information content (AvgIpc) is 3.39. The number of alkyl halides is 5. The van der Waals surface area contributed by atoms with Gasteiger partial charge in [-0.2, -0.15) is 19.0 Å². The number of carbonyl (C=O) groups excluding carboxylic acids is 1. The van der Waals surface area contributed by atoms with E-state index in [1.807, 2.05) is 6.92 Å². The number of nitrogens with one attached hydrogen (secondary N) is 2. The van der Waals surface area contributed by atoms with Crippen molar-refractivity contribution in [3.05, 3.63) is 81.2 Å². The van der Waals surface area contributed by atoms with Crippen LogP contribution >= 0.6 is 11.6 Å². The third-order valence-corrected chi connectivity index (χ3v) is 11.1. The predicted molar refractivity (Wildman–Crippen MR) is 193 cm³/mol. The molecule has 3 heterocycles. The highest BCUT2D eigenvalue weighted by Gasteiger charge is 2.75. The molecule has 1 saturated carbocycles. The van der Waals surface area contributed by atoms with Crippen LogP contribution in [-0.2, 0) is 34.3 Å². The number of sulfonamides is 1. The van der Waals surface area contributed by atoms with Crippen molar-refractivity contribution in [1.82, 2.24) is 29.9 Å². The zero-order valence-corrected chi connectivity index (χ0v) is 31.4. The van der Waals surface area contributed by atoms with Crippen LogP contribution in [0, 0.1) is 17.3 Å². The summed E-state index contributed by atoms with van der Waals surface area (Å²) in [5.41, 5.74) is -1.69. The number of nitrogens with zero attached hydrogens (tertiary/aromatic N) is 5. The van der Waals surface area contributed by atoms with Crippen LogP contribution in [0.4, 0.5) is 32.2 Å². The summed E-state index contributed by atoms with van der Waals surface area (Å²) in [4.78, 5) is 18.7. The number of aromatic nitrogens is 5. The van der Waals surface area contributed by atoms with E-state index in [1.54, 1.807) is 25.2 Å². The second-order valence-corrected chi connectivity index (χ2v) is 16.3. The Balaban J connectivity index is 1.36. The highest BCUT2D eigenvalue weighted by Crippen LogP contribution is 2.76. The second-order valence-electron chi connectivity index (χ2n) is 14.2. The van der Waals surface area contributed by atoms with Crippen molar-refractivity contribution in [2.24, 2.45) is 12.5 Å². The van der Waals surface area contributed by atoms with Gasteiger partial charge >= 0.3 is 0 Å². The molecule has 0 bridgehead atoms. The fourth-order valence-corrected chi connectivity index (χ4v) is 8.38. The molecule has 0 spiro atoms. The number of pyridine rings is 1. The molecule has 0 saturated heterocycles. The maximum atomic E-state index is 15.7. The monoisotopic (exact) mass is 805 g/mol. The van der Waals surface area contributed by atoms with Crippen molar-refractivity contribution in [1.29, 1.82) is 0 Å². The van der Waals surface area contributed by atoms with Gasteiger partial charge < -0.3 is 5.32 Å². The third-order valence-electron chi connectivity index (χ3n) is 10.2. The first-order chi connectivity index (χ1) is 25.8. The lowest BCUT2D eigenvalue weighted by Crippen LogP contribution is -2.35. The number of rotatable bonds is 10. The summed E-state index contributed by atoms with van der Waals surface area (Å²) in [6.07, 6.45) is -1.82. The van der Waals surface area contributed by atoms with E-state index >= 15 is 8.78 Å². The second kappa shape index (κ2) is 13.7. The highest BCUT2D eigenvalue weighted by molar-refractivity contribution is 7.92. The van der Waals surface area contributed by atoms with Crippen LogP contribution in [0.3, 0.4) is 0 Å². The molecule has 2 N–H and O–H groups in total. The molecule has 3 aromatic heterocycles. The Kier molecular flexibility index (Phi) is 9.60. The van der Waals surface area contributed by atoms with Crippen LogP contribution in [0.1, 0.15) is 86.3 Å². The number of amides is 1. The summed E-state index contributed by atoms with van der Waals surface area (Å²) in [5.74, 6) is -0.238. The van der Waals surface area contributed by atoms with Gasteiger partial charge in [0.15, 0.2) is 5.82 Å². The van der Waals surface area contributed by atoms with Gasteiger partial charge in [-0.15, -0.1) is 0 Å². The minimum Gasteiger partial charge on any atom is -0.346 e. The van der Waals surface area contributed by atoms with Gasteiger partial charge in [0.2, 0.25) is 15.9 Å². The van der Waals surface area contributed by atoms with Crippen LogP contribution in [0.5, 0.6) is 0 Å². The van der Waals surface area contributed by atoms with Crippen molar-refractivity contribution >= 4 is 44.3 Å². The van der Waals surface area contributed by atoms with Crippen LogP contribution in [-0.4, -0.2) is 51.3 Å². The lowest BCUT2D eigenvalue weighted by Gasteiger charge is -2.25. The number of carbonyl (C=O) groups is 1. The standard InChI is InChI=1S/C37H34ClF6N7O3S/c1-5-6-7-21-8-9-22(23-10-11-25(38)29-32(23)50(3)48-35(29)49-55(4,53)54)30(45-21)26(14-18-12-19(39)15-20(40)13-18)46-27(52)17-51-33-28(31(47-51)34(41)42)24-16-36(24,2)37(33,43)44/h8-13,19,24,26,34H,5,14-17H2,1-4H3,(H,46,52)(H,48,49)/t19?,24-,26+,36-/m1/s1. The Labute approximate surface area is 317 Å². The Morgan fingerprint density at radius 1 is 1.15 bits per heavy atom. The van der Waals surface area contributed by atoms with Crippen molar-refractivity contribution < 1.29 is 39.6 Å². The number of aryl methyl sites for hydroxylation is 1. The average molecular weight is 806 g/mol. The van der Waals surface area contributed by atoms with Crippen molar-refractivity contribution in [2.45, 2.75) is 76.6 Å². The van der Waals surface area contributed by atoms with Gasteiger partial charge in [-0.3, -0.25) is 18.9 Å². The number of hydrogen-bond donors (Lipinski definition) is 2. The summed E-state index contributed by atoms with van der Waals surface area (Å²) in [6, 6.07) is 5.17. The first-order valence-corrected chi connectivity index (χ1v) is 19.5. The topological polar surface area (TPSA) is 124 Å². The van der Waals surface area contributed by atoms with Gasteiger partial charge in [0.05, 0.1) is 33.9 Å². The Morgan fingerprint density at radius 2 is 1.87 bits per heavy atom. The first-order valence-electron chi connectivity index (χ1n) is 17.2. The molecule has 3 aliphatic rings. The van der Waals surface area contributed by atoms with Crippen molar-refractivity contribution in [2.75, 3.05) is 11.0 Å². The largest absolute Gasteiger partial charge is 0.346 e. The molecular formula is C37H34ClF6N7O3S. The molecule has 0 aliphatic heterocycles. The van der Waals surface area contributed by atoms with Crippen molar-refractivity contribution in [3.63, 3.8) is 0 Å². The number of halogens is 7.